The van der Waals surface area contributed by atoms with Crippen molar-refractivity contribution in [2.75, 3.05) is 59.5 Å². The van der Waals surface area contributed by atoms with Crippen LogP contribution in [0.3, 0.4) is 0 Å². The molecule has 21 heavy (non-hydrogen) atoms. The molecule has 0 spiro atoms. The molecule has 1 saturated heterocycles. The second kappa shape index (κ2) is 8.81. The summed E-state index contributed by atoms with van der Waals surface area (Å²) in [7, 11) is 2.12. The van der Waals surface area contributed by atoms with Crippen molar-refractivity contribution in [2.24, 2.45) is 0 Å². The summed E-state index contributed by atoms with van der Waals surface area (Å²) in [6.07, 6.45) is 0. The smallest absolute Gasteiger partial charge is 0.138 e. The van der Waals surface area contributed by atoms with Crippen molar-refractivity contribution in [1.29, 1.82) is 0 Å². The molecule has 1 N–H and O–H groups in total. The molecule has 1 fully saturated rings. The van der Waals surface area contributed by atoms with Gasteiger partial charge < -0.3 is 15.0 Å². The average Bonchev–Trinajstić information content (AvgIpc) is 2.48. The van der Waals surface area contributed by atoms with Gasteiger partial charge in [0.2, 0.25) is 0 Å². The topological polar surface area (TPSA) is 27.7 Å². The number of rotatable bonds is 7. The van der Waals surface area contributed by atoms with Crippen LogP contribution in [0.4, 0.5) is 0 Å². The Labute approximate surface area is 136 Å². The standard InChI is InChI=1S/C15H23Cl2N3O/c1-19(8-9-20-6-4-18-5-7-20)10-11-21-15-3-2-13(16)12-14(15)17/h2-3,12,18H,4-11H2,1H3. The van der Waals surface area contributed by atoms with Crippen molar-refractivity contribution in [3.8, 4) is 5.75 Å². The summed E-state index contributed by atoms with van der Waals surface area (Å²) in [5.41, 5.74) is 0. The summed E-state index contributed by atoms with van der Waals surface area (Å²) >= 11 is 11.9. The maximum Gasteiger partial charge on any atom is 0.138 e. The molecule has 2 rings (SSSR count). The van der Waals surface area contributed by atoms with Crippen LogP contribution in [0.1, 0.15) is 0 Å². The summed E-state index contributed by atoms with van der Waals surface area (Å²) in [5, 5.41) is 4.55. The minimum atomic E-state index is 0.561. The number of ether oxygens (including phenoxy) is 1. The fraction of sp³-hybridized carbons (Fsp3) is 0.600. The third-order valence-corrected chi connectivity index (χ3v) is 4.16. The molecule has 0 aliphatic carbocycles. The monoisotopic (exact) mass is 331 g/mol. The molecule has 0 aromatic heterocycles. The average molecular weight is 332 g/mol. The van der Waals surface area contributed by atoms with Gasteiger partial charge in [-0.05, 0) is 25.2 Å². The van der Waals surface area contributed by atoms with E-state index in [0.717, 1.165) is 45.8 Å². The van der Waals surface area contributed by atoms with Crippen LogP contribution in [0.25, 0.3) is 0 Å². The highest BCUT2D eigenvalue weighted by molar-refractivity contribution is 6.35. The zero-order chi connectivity index (χ0) is 15.1. The van der Waals surface area contributed by atoms with E-state index in [1.165, 1.54) is 0 Å². The van der Waals surface area contributed by atoms with Gasteiger partial charge in [-0.2, -0.15) is 0 Å². The summed E-state index contributed by atoms with van der Waals surface area (Å²) in [6, 6.07) is 5.30. The Balaban J connectivity index is 1.63. The minimum absolute atomic E-state index is 0.561. The lowest BCUT2D eigenvalue weighted by atomic mass is 10.3. The zero-order valence-electron chi connectivity index (χ0n) is 12.4. The van der Waals surface area contributed by atoms with Gasteiger partial charge in [-0.3, -0.25) is 4.90 Å². The van der Waals surface area contributed by atoms with E-state index in [9.17, 15) is 0 Å². The number of hydrogen-bond acceptors (Lipinski definition) is 4. The molecular weight excluding hydrogens is 309 g/mol. The van der Waals surface area contributed by atoms with Crippen molar-refractivity contribution in [3.05, 3.63) is 28.2 Å². The molecule has 0 atom stereocenters. The highest BCUT2D eigenvalue weighted by atomic mass is 35.5. The SMILES string of the molecule is CN(CCOc1ccc(Cl)cc1Cl)CCN1CCNCC1. The fourth-order valence-electron chi connectivity index (χ4n) is 2.26. The predicted octanol–water partition coefficient (Wildman–Crippen LogP) is 2.21. The molecule has 4 nitrogen and oxygen atoms in total. The lowest BCUT2D eigenvalue weighted by Crippen LogP contribution is -2.46. The van der Waals surface area contributed by atoms with Gasteiger partial charge in [0.15, 0.2) is 0 Å². The van der Waals surface area contributed by atoms with E-state index in [0.29, 0.717) is 22.4 Å². The van der Waals surface area contributed by atoms with Crippen LogP contribution in [0, 0.1) is 0 Å². The summed E-state index contributed by atoms with van der Waals surface area (Å²) in [4.78, 5) is 4.77. The molecule has 1 aromatic carbocycles. The van der Waals surface area contributed by atoms with E-state index in [1.54, 1.807) is 12.1 Å². The van der Waals surface area contributed by atoms with Crippen molar-refractivity contribution < 1.29 is 4.74 Å². The van der Waals surface area contributed by atoms with Gasteiger partial charge in [0.1, 0.15) is 12.4 Å². The van der Waals surface area contributed by atoms with Crippen molar-refractivity contribution >= 4 is 23.2 Å². The second-order valence-electron chi connectivity index (χ2n) is 5.32. The van der Waals surface area contributed by atoms with Gasteiger partial charge in [-0.25, -0.2) is 0 Å². The number of nitrogens with zero attached hydrogens (tertiary/aromatic N) is 2. The van der Waals surface area contributed by atoms with E-state index in [4.69, 9.17) is 27.9 Å². The molecule has 0 amide bonds. The van der Waals surface area contributed by atoms with Crippen LogP contribution >= 0.6 is 23.2 Å². The first-order chi connectivity index (χ1) is 10.1. The van der Waals surface area contributed by atoms with Gasteiger partial charge in [0.25, 0.3) is 0 Å². The number of piperazine rings is 1. The van der Waals surface area contributed by atoms with Gasteiger partial charge in [0.05, 0.1) is 5.02 Å². The van der Waals surface area contributed by atoms with Gasteiger partial charge in [-0.1, -0.05) is 23.2 Å². The van der Waals surface area contributed by atoms with Crippen molar-refractivity contribution in [2.45, 2.75) is 0 Å². The van der Waals surface area contributed by atoms with E-state index < -0.39 is 0 Å². The minimum Gasteiger partial charge on any atom is -0.491 e. The summed E-state index contributed by atoms with van der Waals surface area (Å²) in [5.74, 6) is 0.691. The Kier molecular flexibility index (Phi) is 7.07. The quantitative estimate of drug-likeness (QED) is 0.829. The molecule has 1 aliphatic heterocycles. The van der Waals surface area contributed by atoms with Crippen molar-refractivity contribution in [1.82, 2.24) is 15.1 Å². The normalized spacial score (nSPS) is 16.4. The number of halogens is 2. The Morgan fingerprint density at radius 2 is 2.00 bits per heavy atom. The third kappa shape index (κ3) is 6.01. The highest BCUT2D eigenvalue weighted by Crippen LogP contribution is 2.27. The predicted molar refractivity (Wildman–Crippen MR) is 88.8 cm³/mol. The van der Waals surface area contributed by atoms with Crippen LogP contribution in [0.5, 0.6) is 5.75 Å². The molecule has 0 bridgehead atoms. The molecule has 0 unspecified atom stereocenters. The third-order valence-electron chi connectivity index (χ3n) is 3.63. The van der Waals surface area contributed by atoms with E-state index in [1.807, 2.05) is 6.07 Å². The lowest BCUT2D eigenvalue weighted by Gasteiger charge is -2.29. The Morgan fingerprint density at radius 1 is 1.24 bits per heavy atom. The van der Waals surface area contributed by atoms with E-state index in [2.05, 4.69) is 22.2 Å². The largest absolute Gasteiger partial charge is 0.491 e. The molecule has 0 saturated carbocycles. The molecule has 6 heteroatoms. The molecule has 0 radical (unpaired) electrons. The molecule has 1 aromatic rings. The van der Waals surface area contributed by atoms with Crippen molar-refractivity contribution in [3.63, 3.8) is 0 Å². The first-order valence-electron chi connectivity index (χ1n) is 7.34. The van der Waals surface area contributed by atoms with Crippen LogP contribution in [-0.2, 0) is 0 Å². The summed E-state index contributed by atoms with van der Waals surface area (Å²) < 4.78 is 5.70. The van der Waals surface area contributed by atoms with Crippen LogP contribution in [-0.4, -0.2) is 69.3 Å². The second-order valence-corrected chi connectivity index (χ2v) is 6.16. The van der Waals surface area contributed by atoms with Crippen LogP contribution < -0.4 is 10.1 Å². The Morgan fingerprint density at radius 3 is 2.71 bits per heavy atom. The number of hydrogen-bond donors (Lipinski definition) is 1. The molecule has 118 valence electrons. The zero-order valence-corrected chi connectivity index (χ0v) is 14.0. The van der Waals surface area contributed by atoms with Gasteiger partial charge in [0, 0.05) is 50.8 Å². The van der Waals surface area contributed by atoms with E-state index in [-0.39, 0.29) is 0 Å². The summed E-state index contributed by atoms with van der Waals surface area (Å²) in [6.45, 7) is 8.15. The lowest BCUT2D eigenvalue weighted by molar-refractivity contribution is 0.187. The van der Waals surface area contributed by atoms with Crippen LogP contribution in [0.2, 0.25) is 10.0 Å². The molecular formula is C15H23Cl2N3O. The molecule has 1 aliphatic rings. The fourth-order valence-corrected chi connectivity index (χ4v) is 2.73. The van der Waals surface area contributed by atoms with E-state index >= 15 is 0 Å². The Bertz CT molecular complexity index is 439. The number of likely N-dealkylation sites (N-methyl/N-ethyl adjacent to an activating group) is 1. The molecule has 1 heterocycles. The van der Waals surface area contributed by atoms with Gasteiger partial charge >= 0.3 is 0 Å². The Hall–Kier alpha value is -0.520. The maximum atomic E-state index is 6.07. The maximum absolute atomic E-state index is 6.07. The first-order valence-corrected chi connectivity index (χ1v) is 8.10. The first kappa shape index (κ1) is 16.8. The van der Waals surface area contributed by atoms with Crippen LogP contribution in [0.15, 0.2) is 18.2 Å². The van der Waals surface area contributed by atoms with Gasteiger partial charge in [-0.15, -0.1) is 0 Å². The highest BCUT2D eigenvalue weighted by Gasteiger charge is 2.10. The number of benzene rings is 1. The number of nitrogens with one attached hydrogen (secondary N) is 1.